The van der Waals surface area contributed by atoms with E-state index < -0.39 is 23.4 Å². The fraction of sp³-hybridized carbons (Fsp3) is 0.750. The van der Waals surface area contributed by atoms with Crippen LogP contribution in [0.25, 0.3) is 0 Å². The van der Waals surface area contributed by atoms with E-state index in [2.05, 4.69) is 9.47 Å². The van der Waals surface area contributed by atoms with Gasteiger partial charge in [0.05, 0.1) is 13.2 Å². The summed E-state index contributed by atoms with van der Waals surface area (Å²) in [7, 11) is 0. The number of ether oxygens (including phenoxy) is 2. The van der Waals surface area contributed by atoms with Gasteiger partial charge in [-0.15, -0.1) is 0 Å². The topological polar surface area (TPSA) is 18.5 Å². The minimum atomic E-state index is -4.24. The van der Waals surface area contributed by atoms with Gasteiger partial charge in [-0.1, -0.05) is 0 Å². The number of allylic oxidation sites excluding steroid dienone is 2. The van der Waals surface area contributed by atoms with Gasteiger partial charge in [0.15, 0.2) is 0 Å². The van der Waals surface area contributed by atoms with Crippen LogP contribution >= 0.6 is 0 Å². The smallest absolute Gasteiger partial charge is 0.377 e. The Morgan fingerprint density at radius 2 is 1.14 bits per heavy atom. The normalized spacial score (nSPS) is 23.0. The quantitative estimate of drug-likeness (QED) is 0.669. The van der Waals surface area contributed by atoms with Crippen molar-refractivity contribution in [2.24, 2.45) is 0 Å². The third-order valence-electron chi connectivity index (χ3n) is 1.75. The van der Waals surface area contributed by atoms with E-state index in [0.29, 0.717) is 0 Å². The largest absolute Gasteiger partial charge is 0.489 e. The predicted octanol–water partition coefficient (Wildman–Crippen LogP) is 2.56. The molecule has 0 heterocycles. The number of hydrogen-bond acceptors (Lipinski definition) is 2. The van der Waals surface area contributed by atoms with Crippen molar-refractivity contribution in [1.29, 1.82) is 0 Å². The molecule has 0 N–H and O–H groups in total. The highest BCUT2D eigenvalue weighted by atomic mass is 19.3. The van der Waals surface area contributed by atoms with Gasteiger partial charge in [0, 0.05) is 0 Å². The second-order valence-corrected chi connectivity index (χ2v) is 2.67. The monoisotopic (exact) mass is 214 g/mol. The molecule has 0 aromatic rings. The molecule has 0 aromatic heterocycles. The molecule has 0 fully saturated rings. The van der Waals surface area contributed by atoms with Crippen LogP contribution in [0, 0.1) is 0 Å². The molecular weight excluding hydrogens is 204 g/mol. The molecular formula is C8H10F4O2. The Hall–Kier alpha value is -0.940. The molecule has 0 aromatic carbocycles. The summed E-state index contributed by atoms with van der Waals surface area (Å²) in [6.45, 7) is 2.67. The number of hydrogen-bond donors (Lipinski definition) is 0. The van der Waals surface area contributed by atoms with Crippen LogP contribution in [-0.4, -0.2) is 25.1 Å². The second-order valence-electron chi connectivity index (χ2n) is 2.67. The van der Waals surface area contributed by atoms with E-state index in [0.717, 1.165) is 0 Å². The fourth-order valence-corrected chi connectivity index (χ4v) is 1.11. The molecule has 0 spiro atoms. The Morgan fingerprint density at radius 3 is 1.36 bits per heavy atom. The SMILES string of the molecule is CCOC1=C(OCC)C(F)(F)C1(F)F. The molecule has 1 aliphatic rings. The van der Waals surface area contributed by atoms with Gasteiger partial charge in [-0.05, 0) is 13.8 Å². The van der Waals surface area contributed by atoms with Crippen molar-refractivity contribution in [1.82, 2.24) is 0 Å². The number of halogens is 4. The first kappa shape index (κ1) is 11.1. The van der Waals surface area contributed by atoms with Crippen molar-refractivity contribution in [3.63, 3.8) is 0 Å². The summed E-state index contributed by atoms with van der Waals surface area (Å²) in [4.78, 5) is 0. The minimum absolute atomic E-state index is 0.0996. The van der Waals surface area contributed by atoms with Crippen molar-refractivity contribution in [2.45, 2.75) is 25.7 Å². The molecule has 82 valence electrons. The Bertz CT molecular complexity index is 234. The van der Waals surface area contributed by atoms with Gasteiger partial charge in [0.1, 0.15) is 0 Å². The predicted molar refractivity (Wildman–Crippen MR) is 40.2 cm³/mol. The third kappa shape index (κ3) is 1.24. The van der Waals surface area contributed by atoms with Gasteiger partial charge in [-0.2, -0.15) is 17.6 Å². The number of rotatable bonds is 4. The minimum Gasteiger partial charge on any atom is -0.489 e. The van der Waals surface area contributed by atoms with Crippen LogP contribution in [0.3, 0.4) is 0 Å². The molecule has 0 aliphatic heterocycles. The average molecular weight is 214 g/mol. The van der Waals surface area contributed by atoms with Crippen LogP contribution in [0.2, 0.25) is 0 Å². The van der Waals surface area contributed by atoms with Crippen LogP contribution in [0.4, 0.5) is 17.6 Å². The lowest BCUT2D eigenvalue weighted by molar-refractivity contribution is -0.245. The Balaban J connectivity index is 2.97. The zero-order chi connectivity index (χ0) is 11.0. The zero-order valence-corrected chi connectivity index (χ0v) is 7.74. The summed E-state index contributed by atoms with van der Waals surface area (Å²) in [6, 6.07) is 0. The summed E-state index contributed by atoms with van der Waals surface area (Å²) in [5.74, 6) is -10.6. The van der Waals surface area contributed by atoms with E-state index >= 15 is 0 Å². The summed E-state index contributed by atoms with van der Waals surface area (Å²) < 4.78 is 59.7. The van der Waals surface area contributed by atoms with E-state index in [1.165, 1.54) is 13.8 Å². The van der Waals surface area contributed by atoms with Crippen LogP contribution < -0.4 is 0 Å². The molecule has 0 unspecified atom stereocenters. The third-order valence-corrected chi connectivity index (χ3v) is 1.75. The molecule has 1 rings (SSSR count). The van der Waals surface area contributed by atoms with Gasteiger partial charge < -0.3 is 9.47 Å². The lowest BCUT2D eigenvalue weighted by atomic mass is 9.94. The Kier molecular flexibility index (Phi) is 2.65. The van der Waals surface area contributed by atoms with E-state index in [1.807, 2.05) is 0 Å². The molecule has 0 saturated heterocycles. The van der Waals surface area contributed by atoms with E-state index in [1.54, 1.807) is 0 Å². The average Bonchev–Trinajstić information content (AvgIpc) is 2.10. The highest BCUT2D eigenvalue weighted by molar-refractivity contribution is 5.36. The van der Waals surface area contributed by atoms with Crippen molar-refractivity contribution in [2.75, 3.05) is 13.2 Å². The van der Waals surface area contributed by atoms with E-state index in [9.17, 15) is 17.6 Å². The molecule has 0 atom stereocenters. The van der Waals surface area contributed by atoms with Crippen LogP contribution in [0.15, 0.2) is 11.5 Å². The van der Waals surface area contributed by atoms with Gasteiger partial charge >= 0.3 is 11.8 Å². The standard InChI is InChI=1S/C8H10F4O2/c1-3-13-5-6(14-4-2)8(11,12)7(5,9)10/h3-4H2,1-2H3. The highest BCUT2D eigenvalue weighted by Crippen LogP contribution is 2.55. The summed E-state index contributed by atoms with van der Waals surface area (Å²) >= 11 is 0. The Labute approximate surface area is 78.5 Å². The van der Waals surface area contributed by atoms with Crippen LogP contribution in [-0.2, 0) is 9.47 Å². The first-order valence-electron chi connectivity index (χ1n) is 4.16. The molecule has 0 amide bonds. The zero-order valence-electron chi connectivity index (χ0n) is 7.74. The van der Waals surface area contributed by atoms with Gasteiger partial charge in [0.25, 0.3) is 0 Å². The second kappa shape index (κ2) is 3.33. The first-order chi connectivity index (χ1) is 6.39. The van der Waals surface area contributed by atoms with Crippen molar-refractivity contribution >= 4 is 0 Å². The molecule has 6 heteroatoms. The van der Waals surface area contributed by atoms with E-state index in [4.69, 9.17) is 0 Å². The molecule has 14 heavy (non-hydrogen) atoms. The van der Waals surface area contributed by atoms with Crippen LogP contribution in [0.5, 0.6) is 0 Å². The maximum atomic E-state index is 12.7. The Morgan fingerprint density at radius 1 is 0.857 bits per heavy atom. The summed E-state index contributed by atoms with van der Waals surface area (Å²) in [5, 5.41) is 0. The number of alkyl halides is 4. The molecule has 0 saturated carbocycles. The van der Waals surface area contributed by atoms with Crippen molar-refractivity contribution in [3.8, 4) is 0 Å². The van der Waals surface area contributed by atoms with Crippen molar-refractivity contribution < 1.29 is 27.0 Å². The maximum absolute atomic E-state index is 12.7. The fourth-order valence-electron chi connectivity index (χ4n) is 1.11. The highest BCUT2D eigenvalue weighted by Gasteiger charge is 2.75. The first-order valence-corrected chi connectivity index (χ1v) is 4.16. The molecule has 0 bridgehead atoms. The van der Waals surface area contributed by atoms with E-state index in [-0.39, 0.29) is 13.2 Å². The molecule has 0 radical (unpaired) electrons. The van der Waals surface area contributed by atoms with Gasteiger partial charge in [0.2, 0.25) is 11.5 Å². The van der Waals surface area contributed by atoms with Crippen molar-refractivity contribution in [3.05, 3.63) is 11.5 Å². The van der Waals surface area contributed by atoms with Gasteiger partial charge in [-0.3, -0.25) is 0 Å². The van der Waals surface area contributed by atoms with Crippen LogP contribution in [0.1, 0.15) is 13.8 Å². The lowest BCUT2D eigenvalue weighted by Gasteiger charge is -2.38. The molecule has 1 aliphatic carbocycles. The van der Waals surface area contributed by atoms with Gasteiger partial charge in [-0.25, -0.2) is 0 Å². The maximum Gasteiger partial charge on any atom is 0.377 e. The summed E-state index contributed by atoms with van der Waals surface area (Å²) in [5.41, 5.74) is 0. The lowest BCUT2D eigenvalue weighted by Crippen LogP contribution is -2.55. The molecule has 2 nitrogen and oxygen atoms in total. The summed E-state index contributed by atoms with van der Waals surface area (Å²) in [6.07, 6.45) is 0.